The van der Waals surface area contributed by atoms with Gasteiger partial charge in [0.05, 0.1) is 5.92 Å². The second kappa shape index (κ2) is 6.07. The van der Waals surface area contributed by atoms with Gasteiger partial charge in [-0.25, -0.2) is 4.79 Å². The molecule has 102 valence electrons. The molecule has 0 aromatic heterocycles. The lowest BCUT2D eigenvalue weighted by Crippen LogP contribution is -2.47. The number of rotatable bonds is 4. The fraction of sp³-hybridized carbons (Fsp3) is 0.846. The van der Waals surface area contributed by atoms with Crippen molar-refractivity contribution in [2.45, 2.75) is 51.0 Å². The van der Waals surface area contributed by atoms with Crippen LogP contribution in [0.15, 0.2) is 0 Å². The highest BCUT2D eigenvalue weighted by Crippen LogP contribution is 2.27. The molecular weight excluding hydrogens is 232 g/mol. The minimum Gasteiger partial charge on any atom is -0.481 e. The number of nitrogens with one attached hydrogen (secondary N) is 2. The molecule has 2 aliphatic rings. The maximum atomic E-state index is 11.7. The summed E-state index contributed by atoms with van der Waals surface area (Å²) in [7, 11) is 0. The zero-order valence-corrected chi connectivity index (χ0v) is 10.7. The van der Waals surface area contributed by atoms with E-state index in [1.54, 1.807) is 0 Å². The van der Waals surface area contributed by atoms with Crippen LogP contribution in [-0.2, 0) is 4.79 Å². The normalized spacial score (nSPS) is 28.2. The standard InChI is InChI=1S/C13H22N2O3/c16-12(17)10-4-2-1-3-5-11(10)15-13(18)14-8-9-6-7-9/h9-11H,1-8H2,(H,16,17)(H2,14,15,18). The van der Waals surface area contributed by atoms with E-state index in [4.69, 9.17) is 0 Å². The van der Waals surface area contributed by atoms with Gasteiger partial charge in [0, 0.05) is 12.6 Å². The number of carbonyl (C=O) groups excluding carboxylic acids is 1. The van der Waals surface area contributed by atoms with E-state index >= 15 is 0 Å². The summed E-state index contributed by atoms with van der Waals surface area (Å²) in [4.78, 5) is 22.9. The highest BCUT2D eigenvalue weighted by molar-refractivity contribution is 5.76. The monoisotopic (exact) mass is 254 g/mol. The number of hydrogen-bond acceptors (Lipinski definition) is 2. The van der Waals surface area contributed by atoms with Crippen LogP contribution in [0, 0.1) is 11.8 Å². The average molecular weight is 254 g/mol. The zero-order chi connectivity index (χ0) is 13.0. The second-order valence-corrected chi connectivity index (χ2v) is 5.49. The van der Waals surface area contributed by atoms with Crippen molar-refractivity contribution in [3.05, 3.63) is 0 Å². The summed E-state index contributed by atoms with van der Waals surface area (Å²) in [6.45, 7) is 0.719. The molecular formula is C13H22N2O3. The van der Waals surface area contributed by atoms with Crippen molar-refractivity contribution in [1.29, 1.82) is 0 Å². The predicted octanol–water partition coefficient (Wildman–Crippen LogP) is 1.73. The van der Waals surface area contributed by atoms with Crippen LogP contribution in [0.3, 0.4) is 0 Å². The average Bonchev–Trinajstić information content (AvgIpc) is 3.13. The minimum atomic E-state index is -0.788. The number of aliphatic carboxylic acids is 1. The number of amides is 2. The van der Waals surface area contributed by atoms with Crippen molar-refractivity contribution in [3.63, 3.8) is 0 Å². The van der Waals surface area contributed by atoms with Gasteiger partial charge in [0.15, 0.2) is 0 Å². The lowest BCUT2D eigenvalue weighted by atomic mass is 9.95. The summed E-state index contributed by atoms with van der Waals surface area (Å²) < 4.78 is 0. The first-order valence-electron chi connectivity index (χ1n) is 6.94. The maximum Gasteiger partial charge on any atom is 0.315 e. The molecule has 2 amide bonds. The van der Waals surface area contributed by atoms with Gasteiger partial charge in [-0.1, -0.05) is 19.3 Å². The third kappa shape index (κ3) is 3.89. The van der Waals surface area contributed by atoms with Gasteiger partial charge in [-0.05, 0) is 31.6 Å². The van der Waals surface area contributed by atoms with Crippen molar-refractivity contribution >= 4 is 12.0 Å². The lowest BCUT2D eigenvalue weighted by Gasteiger charge is -2.23. The van der Waals surface area contributed by atoms with E-state index in [1.165, 1.54) is 12.8 Å². The van der Waals surface area contributed by atoms with E-state index in [0.29, 0.717) is 12.3 Å². The number of hydrogen-bond donors (Lipinski definition) is 3. The van der Waals surface area contributed by atoms with Crippen LogP contribution in [0.4, 0.5) is 4.79 Å². The Labute approximate surface area is 107 Å². The smallest absolute Gasteiger partial charge is 0.315 e. The molecule has 0 aromatic rings. The molecule has 2 fully saturated rings. The molecule has 18 heavy (non-hydrogen) atoms. The Morgan fingerprint density at radius 2 is 1.78 bits per heavy atom. The number of carboxylic acid groups (broad SMARTS) is 1. The van der Waals surface area contributed by atoms with E-state index in [-0.39, 0.29) is 12.1 Å². The summed E-state index contributed by atoms with van der Waals surface area (Å²) in [5.41, 5.74) is 0. The summed E-state index contributed by atoms with van der Waals surface area (Å²) >= 11 is 0. The van der Waals surface area contributed by atoms with Crippen molar-refractivity contribution in [2.24, 2.45) is 11.8 Å². The number of urea groups is 1. The van der Waals surface area contributed by atoms with E-state index < -0.39 is 11.9 Å². The van der Waals surface area contributed by atoms with Crippen molar-refractivity contribution in [1.82, 2.24) is 10.6 Å². The Morgan fingerprint density at radius 1 is 1.06 bits per heavy atom. The molecule has 2 atom stereocenters. The van der Waals surface area contributed by atoms with Gasteiger partial charge in [0.2, 0.25) is 0 Å². The van der Waals surface area contributed by atoms with Gasteiger partial charge in [-0.2, -0.15) is 0 Å². The molecule has 2 saturated carbocycles. The molecule has 2 aliphatic carbocycles. The summed E-state index contributed by atoms with van der Waals surface area (Å²) in [5, 5.41) is 14.9. The maximum absolute atomic E-state index is 11.7. The molecule has 0 aromatic carbocycles. The molecule has 3 N–H and O–H groups in total. The van der Waals surface area contributed by atoms with E-state index in [2.05, 4.69) is 10.6 Å². The Balaban J connectivity index is 1.82. The topological polar surface area (TPSA) is 78.4 Å². The first kappa shape index (κ1) is 13.2. The number of carbonyl (C=O) groups is 2. The van der Waals surface area contributed by atoms with Crippen LogP contribution in [-0.4, -0.2) is 29.7 Å². The molecule has 0 spiro atoms. The van der Waals surface area contributed by atoms with Gasteiger partial charge in [-0.15, -0.1) is 0 Å². The van der Waals surface area contributed by atoms with E-state index in [9.17, 15) is 14.7 Å². The first-order valence-corrected chi connectivity index (χ1v) is 6.94. The van der Waals surface area contributed by atoms with Gasteiger partial charge in [0.1, 0.15) is 0 Å². The largest absolute Gasteiger partial charge is 0.481 e. The predicted molar refractivity (Wildman–Crippen MR) is 67.3 cm³/mol. The third-order valence-electron chi connectivity index (χ3n) is 3.90. The molecule has 0 aliphatic heterocycles. The van der Waals surface area contributed by atoms with Crippen LogP contribution >= 0.6 is 0 Å². The quantitative estimate of drug-likeness (QED) is 0.668. The Bertz CT molecular complexity index is 315. The van der Waals surface area contributed by atoms with Gasteiger partial charge < -0.3 is 15.7 Å². The minimum absolute atomic E-state index is 0.208. The summed E-state index contributed by atoms with van der Waals surface area (Å²) in [6.07, 6.45) is 6.83. The number of carboxylic acids is 1. The lowest BCUT2D eigenvalue weighted by molar-refractivity contribution is -0.142. The van der Waals surface area contributed by atoms with Crippen LogP contribution in [0.1, 0.15) is 44.9 Å². The second-order valence-electron chi connectivity index (χ2n) is 5.49. The fourth-order valence-corrected chi connectivity index (χ4v) is 2.55. The van der Waals surface area contributed by atoms with Gasteiger partial charge in [0.25, 0.3) is 0 Å². The molecule has 0 saturated heterocycles. The molecule has 2 rings (SSSR count). The summed E-state index contributed by atoms with van der Waals surface area (Å²) in [5.74, 6) is -0.580. The molecule has 0 heterocycles. The molecule has 5 heteroatoms. The highest BCUT2D eigenvalue weighted by Gasteiger charge is 2.31. The summed E-state index contributed by atoms with van der Waals surface area (Å²) in [6, 6.07) is -0.427. The van der Waals surface area contributed by atoms with Crippen molar-refractivity contribution in [3.8, 4) is 0 Å². The third-order valence-corrected chi connectivity index (χ3v) is 3.90. The Kier molecular flexibility index (Phi) is 4.44. The van der Waals surface area contributed by atoms with E-state index in [1.807, 2.05) is 0 Å². The first-order chi connectivity index (χ1) is 8.66. The SMILES string of the molecule is O=C(NCC1CC1)NC1CCCCCC1C(=O)O. The zero-order valence-electron chi connectivity index (χ0n) is 10.7. The molecule has 5 nitrogen and oxygen atoms in total. The Hall–Kier alpha value is -1.26. The van der Waals surface area contributed by atoms with Crippen LogP contribution in [0.5, 0.6) is 0 Å². The Morgan fingerprint density at radius 3 is 2.44 bits per heavy atom. The molecule has 0 bridgehead atoms. The molecule has 2 unspecified atom stereocenters. The fourth-order valence-electron chi connectivity index (χ4n) is 2.55. The van der Waals surface area contributed by atoms with Gasteiger partial charge >= 0.3 is 12.0 Å². The highest BCUT2D eigenvalue weighted by atomic mass is 16.4. The van der Waals surface area contributed by atoms with Crippen LogP contribution in [0.25, 0.3) is 0 Å². The van der Waals surface area contributed by atoms with E-state index in [0.717, 1.165) is 32.2 Å². The molecule has 0 radical (unpaired) electrons. The van der Waals surface area contributed by atoms with Crippen molar-refractivity contribution < 1.29 is 14.7 Å². The van der Waals surface area contributed by atoms with Crippen LogP contribution < -0.4 is 10.6 Å². The van der Waals surface area contributed by atoms with Gasteiger partial charge in [-0.3, -0.25) is 4.79 Å². The van der Waals surface area contributed by atoms with Crippen molar-refractivity contribution in [2.75, 3.05) is 6.54 Å². The van der Waals surface area contributed by atoms with Crippen LogP contribution in [0.2, 0.25) is 0 Å².